The molecule has 0 radical (unpaired) electrons. The molecular weight excluding hydrogens is 288 g/mol. The molecule has 0 bridgehead atoms. The molecule has 0 spiro atoms. The first-order valence-corrected chi connectivity index (χ1v) is 7.66. The number of piperazine rings is 1. The second kappa shape index (κ2) is 6.07. The molecule has 1 aliphatic rings. The van der Waals surface area contributed by atoms with Gasteiger partial charge in [-0.3, -0.25) is 0 Å². The van der Waals surface area contributed by atoms with Crippen LogP contribution in [0.25, 0.3) is 0 Å². The highest BCUT2D eigenvalue weighted by molar-refractivity contribution is 9.10. The van der Waals surface area contributed by atoms with E-state index in [2.05, 4.69) is 71.2 Å². The van der Waals surface area contributed by atoms with E-state index in [1.54, 1.807) is 0 Å². The van der Waals surface area contributed by atoms with E-state index in [0.717, 1.165) is 17.6 Å². The average molecular weight is 311 g/mol. The molecule has 2 rings (SSSR count). The minimum absolute atomic E-state index is 0.594. The summed E-state index contributed by atoms with van der Waals surface area (Å²) in [7, 11) is 0. The second-order valence-electron chi connectivity index (χ2n) is 5.45. The first-order chi connectivity index (χ1) is 8.61. The van der Waals surface area contributed by atoms with Crippen molar-refractivity contribution in [3.8, 4) is 0 Å². The smallest absolute Gasteiger partial charge is 0.0412 e. The Morgan fingerprint density at radius 2 is 2.00 bits per heavy atom. The van der Waals surface area contributed by atoms with E-state index in [1.165, 1.54) is 12.1 Å². The molecule has 100 valence electrons. The molecule has 0 saturated carbocycles. The van der Waals surface area contributed by atoms with Crippen molar-refractivity contribution >= 4 is 21.6 Å². The van der Waals surface area contributed by atoms with E-state index in [9.17, 15) is 0 Å². The van der Waals surface area contributed by atoms with Gasteiger partial charge >= 0.3 is 0 Å². The maximum Gasteiger partial charge on any atom is 0.0412 e. The summed E-state index contributed by atoms with van der Waals surface area (Å²) >= 11 is 3.51. The molecule has 3 heteroatoms. The number of rotatable bonds is 3. The fourth-order valence-electron chi connectivity index (χ4n) is 2.58. The Bertz CT molecular complexity index is 375. The highest BCUT2D eigenvalue weighted by Gasteiger charge is 2.28. The molecule has 1 heterocycles. The third kappa shape index (κ3) is 3.07. The summed E-state index contributed by atoms with van der Waals surface area (Å²) in [6.45, 7) is 9.06. The Labute approximate surface area is 119 Å². The molecular formula is C15H23BrN2. The molecule has 1 saturated heterocycles. The number of benzene rings is 1. The van der Waals surface area contributed by atoms with Gasteiger partial charge in [-0.25, -0.2) is 0 Å². The predicted molar refractivity (Wildman–Crippen MR) is 82.2 cm³/mol. The number of hydrogen-bond donors (Lipinski definition) is 1. The van der Waals surface area contributed by atoms with Gasteiger partial charge in [-0.05, 0) is 36.6 Å². The fraction of sp³-hybridized carbons (Fsp3) is 0.600. The van der Waals surface area contributed by atoms with E-state index in [0.29, 0.717) is 18.0 Å². The Kier molecular flexibility index (Phi) is 4.68. The van der Waals surface area contributed by atoms with Crippen LogP contribution in [0.3, 0.4) is 0 Å². The summed E-state index contributed by atoms with van der Waals surface area (Å²) in [5, 5.41) is 3.68. The molecule has 2 unspecified atom stereocenters. The van der Waals surface area contributed by atoms with Gasteiger partial charge in [0.15, 0.2) is 0 Å². The number of anilines is 1. The first-order valence-electron chi connectivity index (χ1n) is 6.87. The van der Waals surface area contributed by atoms with Crippen LogP contribution in [0.15, 0.2) is 28.7 Å². The molecule has 0 amide bonds. The first kappa shape index (κ1) is 13.9. The van der Waals surface area contributed by atoms with E-state index >= 15 is 0 Å². The van der Waals surface area contributed by atoms with E-state index in [-0.39, 0.29) is 0 Å². The van der Waals surface area contributed by atoms with Crippen molar-refractivity contribution < 1.29 is 0 Å². The lowest BCUT2D eigenvalue weighted by molar-refractivity contribution is 0.325. The zero-order valence-corrected chi connectivity index (χ0v) is 13.1. The van der Waals surface area contributed by atoms with Crippen molar-refractivity contribution in [2.24, 2.45) is 5.92 Å². The summed E-state index contributed by atoms with van der Waals surface area (Å²) < 4.78 is 1.15. The third-order valence-corrected chi connectivity index (χ3v) is 4.41. The van der Waals surface area contributed by atoms with Crippen molar-refractivity contribution in [3.05, 3.63) is 28.7 Å². The highest BCUT2D eigenvalue weighted by atomic mass is 79.9. The van der Waals surface area contributed by atoms with Gasteiger partial charge in [-0.1, -0.05) is 36.7 Å². The standard InChI is InChI=1S/C15H23BrN2/c1-4-13-9-17-15(11(2)3)10-18(13)14-7-5-12(16)6-8-14/h5-8,11,13,15,17H,4,9-10H2,1-3H3. The molecule has 1 fully saturated rings. The minimum atomic E-state index is 0.594. The van der Waals surface area contributed by atoms with Crippen molar-refractivity contribution in [2.45, 2.75) is 39.3 Å². The van der Waals surface area contributed by atoms with Crippen LogP contribution in [0.5, 0.6) is 0 Å². The molecule has 2 nitrogen and oxygen atoms in total. The third-order valence-electron chi connectivity index (χ3n) is 3.88. The lowest BCUT2D eigenvalue weighted by Gasteiger charge is -2.43. The van der Waals surface area contributed by atoms with Crippen LogP contribution < -0.4 is 10.2 Å². The van der Waals surface area contributed by atoms with Crippen molar-refractivity contribution in [1.29, 1.82) is 0 Å². The van der Waals surface area contributed by atoms with Gasteiger partial charge in [0.25, 0.3) is 0 Å². The molecule has 0 aromatic heterocycles. The van der Waals surface area contributed by atoms with Crippen molar-refractivity contribution in [3.63, 3.8) is 0 Å². The number of hydrogen-bond acceptors (Lipinski definition) is 2. The zero-order valence-electron chi connectivity index (χ0n) is 11.5. The summed E-state index contributed by atoms with van der Waals surface area (Å²) in [4.78, 5) is 2.56. The maximum atomic E-state index is 3.68. The van der Waals surface area contributed by atoms with Crippen LogP contribution in [0.1, 0.15) is 27.2 Å². The van der Waals surface area contributed by atoms with Crippen molar-refractivity contribution in [2.75, 3.05) is 18.0 Å². The van der Waals surface area contributed by atoms with Crippen LogP contribution in [0, 0.1) is 5.92 Å². The number of nitrogens with zero attached hydrogens (tertiary/aromatic N) is 1. The Morgan fingerprint density at radius 3 is 2.56 bits per heavy atom. The molecule has 1 aromatic carbocycles. The highest BCUT2D eigenvalue weighted by Crippen LogP contribution is 2.24. The topological polar surface area (TPSA) is 15.3 Å². The van der Waals surface area contributed by atoms with Crippen LogP contribution >= 0.6 is 15.9 Å². The van der Waals surface area contributed by atoms with Crippen LogP contribution in [-0.4, -0.2) is 25.2 Å². The molecule has 1 aromatic rings. The average Bonchev–Trinajstić information content (AvgIpc) is 2.39. The predicted octanol–water partition coefficient (Wildman–Crippen LogP) is 3.66. The molecule has 0 aliphatic carbocycles. The SMILES string of the molecule is CCC1CNC(C(C)C)CN1c1ccc(Br)cc1. The number of halogens is 1. The maximum absolute atomic E-state index is 3.68. The summed E-state index contributed by atoms with van der Waals surface area (Å²) in [5.41, 5.74) is 1.34. The zero-order chi connectivity index (χ0) is 13.1. The van der Waals surface area contributed by atoms with E-state index in [4.69, 9.17) is 0 Å². The Morgan fingerprint density at radius 1 is 1.33 bits per heavy atom. The van der Waals surface area contributed by atoms with Gasteiger partial charge in [0.05, 0.1) is 0 Å². The van der Waals surface area contributed by atoms with Gasteiger partial charge in [0.2, 0.25) is 0 Å². The second-order valence-corrected chi connectivity index (χ2v) is 6.37. The summed E-state index contributed by atoms with van der Waals surface area (Å²) in [6.07, 6.45) is 1.19. The Balaban J connectivity index is 2.18. The molecule has 1 aliphatic heterocycles. The molecule has 18 heavy (non-hydrogen) atoms. The number of nitrogens with one attached hydrogen (secondary N) is 1. The van der Waals surface area contributed by atoms with Crippen LogP contribution in [0.4, 0.5) is 5.69 Å². The van der Waals surface area contributed by atoms with E-state index in [1.807, 2.05) is 0 Å². The van der Waals surface area contributed by atoms with Gasteiger partial charge in [-0.2, -0.15) is 0 Å². The minimum Gasteiger partial charge on any atom is -0.366 e. The van der Waals surface area contributed by atoms with Crippen LogP contribution in [0.2, 0.25) is 0 Å². The summed E-state index contributed by atoms with van der Waals surface area (Å²) in [6, 6.07) is 9.91. The monoisotopic (exact) mass is 310 g/mol. The van der Waals surface area contributed by atoms with Gasteiger partial charge in [-0.15, -0.1) is 0 Å². The largest absolute Gasteiger partial charge is 0.366 e. The van der Waals surface area contributed by atoms with Crippen molar-refractivity contribution in [1.82, 2.24) is 5.32 Å². The Hall–Kier alpha value is -0.540. The van der Waals surface area contributed by atoms with E-state index < -0.39 is 0 Å². The van der Waals surface area contributed by atoms with Gasteiger partial charge in [0, 0.05) is 35.3 Å². The molecule has 2 atom stereocenters. The normalized spacial score (nSPS) is 24.6. The lowest BCUT2D eigenvalue weighted by atomic mass is 9.98. The van der Waals surface area contributed by atoms with Gasteiger partial charge < -0.3 is 10.2 Å². The lowest BCUT2D eigenvalue weighted by Crippen LogP contribution is -2.58. The van der Waals surface area contributed by atoms with Crippen LogP contribution in [-0.2, 0) is 0 Å². The quantitative estimate of drug-likeness (QED) is 0.916. The summed E-state index contributed by atoms with van der Waals surface area (Å²) in [5.74, 6) is 0.681. The van der Waals surface area contributed by atoms with Gasteiger partial charge in [0.1, 0.15) is 0 Å². The fourth-order valence-corrected chi connectivity index (χ4v) is 2.85. The molecule has 1 N–H and O–H groups in total.